The molecule has 0 radical (unpaired) electrons. The van der Waals surface area contributed by atoms with Crippen LogP contribution in [0, 0.1) is 19.7 Å². The summed E-state index contributed by atoms with van der Waals surface area (Å²) >= 11 is 0. The highest BCUT2D eigenvalue weighted by atomic mass is 19.1. The Bertz CT molecular complexity index is 686. The summed E-state index contributed by atoms with van der Waals surface area (Å²) in [6.45, 7) is 6.41. The Morgan fingerprint density at radius 2 is 1.88 bits per heavy atom. The van der Waals surface area contributed by atoms with Crippen LogP contribution in [-0.2, 0) is 4.79 Å². The lowest BCUT2D eigenvalue weighted by Gasteiger charge is -2.15. The van der Waals surface area contributed by atoms with E-state index in [1.807, 2.05) is 32.0 Å². The molecule has 0 aliphatic carbocycles. The summed E-state index contributed by atoms with van der Waals surface area (Å²) in [5, 5.41) is 2.75. The number of rotatable bonds is 7. The van der Waals surface area contributed by atoms with Gasteiger partial charge in [0.15, 0.2) is 6.10 Å². The number of hydrogen-bond acceptors (Lipinski definition) is 3. The molecule has 1 N–H and O–H groups in total. The Morgan fingerprint density at radius 3 is 2.54 bits per heavy atom. The molecule has 2 rings (SSSR count). The molecule has 1 amide bonds. The highest BCUT2D eigenvalue weighted by molar-refractivity contribution is 5.80. The Labute approximate surface area is 141 Å². The van der Waals surface area contributed by atoms with E-state index in [9.17, 15) is 9.18 Å². The first-order chi connectivity index (χ1) is 11.5. The van der Waals surface area contributed by atoms with Crippen molar-refractivity contribution in [3.05, 3.63) is 59.4 Å². The molecule has 0 aliphatic rings. The number of carbonyl (C=O) groups excluding carboxylic acids is 1. The fourth-order valence-corrected chi connectivity index (χ4v) is 2.21. The molecule has 0 heterocycles. The molecule has 4 nitrogen and oxygen atoms in total. The number of amides is 1. The van der Waals surface area contributed by atoms with Gasteiger partial charge in [0, 0.05) is 0 Å². The fourth-order valence-electron chi connectivity index (χ4n) is 2.21. The van der Waals surface area contributed by atoms with Gasteiger partial charge in [-0.05, 0) is 56.7 Å². The zero-order valence-electron chi connectivity index (χ0n) is 14.1. The summed E-state index contributed by atoms with van der Waals surface area (Å²) in [7, 11) is 0. The van der Waals surface area contributed by atoms with Crippen molar-refractivity contribution in [2.45, 2.75) is 26.9 Å². The average molecular weight is 331 g/mol. The molecule has 128 valence electrons. The van der Waals surface area contributed by atoms with Gasteiger partial charge in [-0.1, -0.05) is 17.7 Å². The second kappa shape index (κ2) is 8.34. The standard InChI is InChI=1S/C19H22FNO3/c1-13-4-9-18(14(2)12-13)23-11-10-21-19(22)15(3)24-17-7-5-16(20)6-8-17/h4-9,12,15H,10-11H2,1-3H3,(H,21,22)/t15-/m0/s1. The minimum absolute atomic E-state index is 0.247. The van der Waals surface area contributed by atoms with Crippen molar-refractivity contribution in [1.82, 2.24) is 5.32 Å². The predicted octanol–water partition coefficient (Wildman–Crippen LogP) is 3.41. The van der Waals surface area contributed by atoms with Gasteiger partial charge in [0.25, 0.3) is 5.91 Å². The third kappa shape index (κ3) is 5.26. The van der Waals surface area contributed by atoms with Crippen LogP contribution in [0.3, 0.4) is 0 Å². The largest absolute Gasteiger partial charge is 0.491 e. The molecule has 0 unspecified atom stereocenters. The Hall–Kier alpha value is -2.56. The quantitative estimate of drug-likeness (QED) is 0.791. The van der Waals surface area contributed by atoms with Crippen LogP contribution in [0.25, 0.3) is 0 Å². The second-order valence-electron chi connectivity index (χ2n) is 5.62. The minimum Gasteiger partial charge on any atom is -0.491 e. The Balaban J connectivity index is 1.73. The third-order valence-electron chi connectivity index (χ3n) is 3.49. The molecule has 0 fully saturated rings. The van der Waals surface area contributed by atoms with Gasteiger partial charge < -0.3 is 14.8 Å². The first-order valence-corrected chi connectivity index (χ1v) is 7.85. The maximum atomic E-state index is 12.8. The van der Waals surface area contributed by atoms with Crippen molar-refractivity contribution >= 4 is 5.91 Å². The van der Waals surface area contributed by atoms with Crippen molar-refractivity contribution in [3.8, 4) is 11.5 Å². The van der Waals surface area contributed by atoms with Gasteiger partial charge in [0.05, 0.1) is 6.54 Å². The summed E-state index contributed by atoms with van der Waals surface area (Å²) in [6, 6.07) is 11.5. The average Bonchev–Trinajstić information content (AvgIpc) is 2.55. The first kappa shape index (κ1) is 17.8. The maximum absolute atomic E-state index is 12.8. The molecule has 2 aromatic carbocycles. The van der Waals surface area contributed by atoms with Gasteiger partial charge in [0.1, 0.15) is 23.9 Å². The molecule has 0 saturated carbocycles. The number of ether oxygens (including phenoxy) is 2. The lowest BCUT2D eigenvalue weighted by Crippen LogP contribution is -2.38. The van der Waals surface area contributed by atoms with E-state index in [2.05, 4.69) is 5.32 Å². The lowest BCUT2D eigenvalue weighted by molar-refractivity contribution is -0.127. The molecule has 0 saturated heterocycles. The predicted molar refractivity (Wildman–Crippen MR) is 90.9 cm³/mol. The van der Waals surface area contributed by atoms with Gasteiger partial charge in [-0.3, -0.25) is 4.79 Å². The molecule has 0 bridgehead atoms. The maximum Gasteiger partial charge on any atom is 0.260 e. The first-order valence-electron chi connectivity index (χ1n) is 7.85. The zero-order valence-corrected chi connectivity index (χ0v) is 14.1. The minimum atomic E-state index is -0.670. The molecule has 0 spiro atoms. The number of carbonyl (C=O) groups is 1. The van der Waals surface area contributed by atoms with Crippen LogP contribution in [-0.4, -0.2) is 25.2 Å². The molecule has 0 aliphatic heterocycles. The normalized spacial score (nSPS) is 11.7. The number of nitrogens with one attached hydrogen (secondary N) is 1. The second-order valence-corrected chi connectivity index (χ2v) is 5.62. The van der Waals surface area contributed by atoms with Crippen LogP contribution >= 0.6 is 0 Å². The van der Waals surface area contributed by atoms with Crippen molar-refractivity contribution in [1.29, 1.82) is 0 Å². The van der Waals surface area contributed by atoms with Gasteiger partial charge in [-0.2, -0.15) is 0 Å². The topological polar surface area (TPSA) is 47.6 Å². The summed E-state index contributed by atoms with van der Waals surface area (Å²) < 4.78 is 23.9. The molecule has 5 heteroatoms. The van der Waals surface area contributed by atoms with Crippen molar-refractivity contribution in [2.75, 3.05) is 13.2 Å². The van der Waals surface area contributed by atoms with Crippen LogP contribution in [0.1, 0.15) is 18.1 Å². The van der Waals surface area contributed by atoms with E-state index in [1.54, 1.807) is 6.92 Å². The van der Waals surface area contributed by atoms with E-state index in [-0.39, 0.29) is 11.7 Å². The molecule has 24 heavy (non-hydrogen) atoms. The van der Waals surface area contributed by atoms with E-state index < -0.39 is 6.10 Å². The smallest absolute Gasteiger partial charge is 0.260 e. The van der Waals surface area contributed by atoms with Gasteiger partial charge in [-0.15, -0.1) is 0 Å². The van der Waals surface area contributed by atoms with E-state index in [1.165, 1.54) is 29.8 Å². The summed E-state index contributed by atoms with van der Waals surface area (Å²) in [6.07, 6.45) is -0.670. The van der Waals surface area contributed by atoms with E-state index in [0.717, 1.165) is 11.3 Å². The number of benzene rings is 2. The summed E-state index contributed by atoms with van der Waals surface area (Å²) in [5.41, 5.74) is 2.24. The van der Waals surface area contributed by atoms with Gasteiger partial charge in [0.2, 0.25) is 0 Å². The van der Waals surface area contributed by atoms with E-state index in [0.29, 0.717) is 18.9 Å². The van der Waals surface area contributed by atoms with Crippen LogP contribution in [0.2, 0.25) is 0 Å². The highest BCUT2D eigenvalue weighted by Crippen LogP contribution is 2.18. The van der Waals surface area contributed by atoms with Crippen LogP contribution in [0.4, 0.5) is 4.39 Å². The zero-order chi connectivity index (χ0) is 17.5. The van der Waals surface area contributed by atoms with Crippen molar-refractivity contribution in [3.63, 3.8) is 0 Å². The van der Waals surface area contributed by atoms with E-state index in [4.69, 9.17) is 9.47 Å². The van der Waals surface area contributed by atoms with Crippen molar-refractivity contribution < 1.29 is 18.7 Å². The monoisotopic (exact) mass is 331 g/mol. The van der Waals surface area contributed by atoms with Crippen LogP contribution in [0.5, 0.6) is 11.5 Å². The highest BCUT2D eigenvalue weighted by Gasteiger charge is 2.14. The lowest BCUT2D eigenvalue weighted by atomic mass is 10.1. The molecule has 2 aromatic rings. The third-order valence-corrected chi connectivity index (χ3v) is 3.49. The number of aryl methyl sites for hydroxylation is 2. The number of hydrogen-bond donors (Lipinski definition) is 1. The van der Waals surface area contributed by atoms with Crippen LogP contribution in [0.15, 0.2) is 42.5 Å². The van der Waals surface area contributed by atoms with Gasteiger partial charge >= 0.3 is 0 Å². The molecular weight excluding hydrogens is 309 g/mol. The summed E-state index contributed by atoms with van der Waals surface area (Å²) in [4.78, 5) is 12.0. The molecular formula is C19H22FNO3. The SMILES string of the molecule is Cc1ccc(OCCNC(=O)[C@H](C)Oc2ccc(F)cc2)c(C)c1. The van der Waals surface area contributed by atoms with Crippen LogP contribution < -0.4 is 14.8 Å². The van der Waals surface area contributed by atoms with Gasteiger partial charge in [-0.25, -0.2) is 4.39 Å². The molecule has 0 aromatic heterocycles. The summed E-state index contributed by atoms with van der Waals surface area (Å²) in [5.74, 6) is 0.669. The van der Waals surface area contributed by atoms with E-state index >= 15 is 0 Å². The van der Waals surface area contributed by atoms with Crippen molar-refractivity contribution in [2.24, 2.45) is 0 Å². The Morgan fingerprint density at radius 1 is 1.17 bits per heavy atom. The fraction of sp³-hybridized carbons (Fsp3) is 0.316. The Kier molecular flexibility index (Phi) is 6.18. The number of halogens is 1. The molecule has 1 atom stereocenters.